The molecule has 2 aromatic rings. The lowest BCUT2D eigenvalue weighted by molar-refractivity contribution is 0.0487. The quantitative estimate of drug-likeness (QED) is 0.913. The van der Waals surface area contributed by atoms with Crippen LogP contribution in [0.25, 0.3) is 0 Å². The highest BCUT2D eigenvalue weighted by Crippen LogP contribution is 2.40. The average Bonchev–Trinajstić information content (AvgIpc) is 2.89. The van der Waals surface area contributed by atoms with Gasteiger partial charge < -0.3 is 15.2 Å². The van der Waals surface area contributed by atoms with Gasteiger partial charge in [0.15, 0.2) is 11.5 Å². The Morgan fingerprint density at radius 3 is 2.53 bits per heavy atom. The smallest absolute Gasteiger partial charge is 0.267 e. The van der Waals surface area contributed by atoms with E-state index in [1.54, 1.807) is 0 Å². The fraction of sp³-hybridized carbons (Fsp3) is 0.250. The zero-order valence-electron chi connectivity index (χ0n) is 10.7. The summed E-state index contributed by atoms with van der Waals surface area (Å²) in [5, 5.41) is 0. The van der Waals surface area contributed by atoms with Gasteiger partial charge in [-0.15, -0.1) is 0 Å². The van der Waals surface area contributed by atoms with E-state index in [2.05, 4.69) is 6.07 Å². The molecule has 3 rings (SSSR count). The van der Waals surface area contributed by atoms with Crippen molar-refractivity contribution in [1.82, 2.24) is 0 Å². The highest BCUT2D eigenvalue weighted by molar-refractivity contribution is 5.46. The van der Waals surface area contributed by atoms with Crippen molar-refractivity contribution in [3.63, 3.8) is 0 Å². The van der Waals surface area contributed by atoms with Crippen molar-refractivity contribution in [3.05, 3.63) is 59.7 Å². The highest BCUT2D eigenvalue weighted by atomic mass is 16.7. The molecule has 0 aliphatic carbocycles. The summed E-state index contributed by atoms with van der Waals surface area (Å²) in [4.78, 5) is 0. The molecular weight excluding hydrogens is 238 g/mol. The Bertz CT molecular complexity index is 554. The van der Waals surface area contributed by atoms with E-state index < -0.39 is 0 Å². The predicted octanol–water partition coefficient (Wildman–Crippen LogP) is 3.05. The summed E-state index contributed by atoms with van der Waals surface area (Å²) in [6.45, 7) is 0.709. The number of aryl methyl sites for hydroxylation is 1. The maximum atomic E-state index is 5.86. The first-order chi connectivity index (χ1) is 9.36. The van der Waals surface area contributed by atoms with Crippen LogP contribution >= 0.6 is 0 Å². The van der Waals surface area contributed by atoms with Gasteiger partial charge in [0, 0.05) is 5.56 Å². The second-order valence-electron chi connectivity index (χ2n) is 4.65. The van der Waals surface area contributed by atoms with E-state index in [0.29, 0.717) is 6.54 Å². The van der Waals surface area contributed by atoms with Crippen LogP contribution in [0.1, 0.15) is 23.8 Å². The number of rotatable bonds is 4. The standard InChI is InChI=1S/C16H17NO2/c17-10-4-5-12-8-9-14-15(11-12)19-16(18-14)13-6-2-1-3-7-13/h1-3,6-9,11,16H,4-5,10,17H2. The molecule has 0 saturated carbocycles. The van der Waals surface area contributed by atoms with Crippen LogP contribution in [0.2, 0.25) is 0 Å². The second kappa shape index (κ2) is 5.33. The minimum atomic E-state index is -0.332. The minimum Gasteiger partial charge on any atom is -0.447 e. The predicted molar refractivity (Wildman–Crippen MR) is 74.3 cm³/mol. The van der Waals surface area contributed by atoms with Gasteiger partial charge in [0.1, 0.15) is 0 Å². The summed E-state index contributed by atoms with van der Waals surface area (Å²) in [6.07, 6.45) is 1.63. The number of ether oxygens (including phenoxy) is 2. The molecular formula is C16H17NO2. The van der Waals surface area contributed by atoms with Gasteiger partial charge in [-0.3, -0.25) is 0 Å². The molecule has 0 amide bonds. The molecule has 1 aliphatic heterocycles. The van der Waals surface area contributed by atoms with Crippen LogP contribution < -0.4 is 15.2 Å². The molecule has 2 aromatic carbocycles. The first-order valence-corrected chi connectivity index (χ1v) is 6.58. The van der Waals surface area contributed by atoms with Gasteiger partial charge in [0.2, 0.25) is 0 Å². The Hall–Kier alpha value is -2.00. The molecule has 2 N–H and O–H groups in total. The molecule has 0 saturated heterocycles. The fourth-order valence-electron chi connectivity index (χ4n) is 2.20. The third-order valence-corrected chi connectivity index (χ3v) is 3.22. The number of nitrogens with two attached hydrogens (primary N) is 1. The van der Waals surface area contributed by atoms with E-state index in [-0.39, 0.29) is 6.29 Å². The Morgan fingerprint density at radius 2 is 1.74 bits per heavy atom. The van der Waals surface area contributed by atoms with Gasteiger partial charge in [0.05, 0.1) is 0 Å². The largest absolute Gasteiger partial charge is 0.447 e. The van der Waals surface area contributed by atoms with E-state index in [0.717, 1.165) is 29.9 Å². The Balaban J connectivity index is 1.77. The first-order valence-electron chi connectivity index (χ1n) is 6.58. The molecule has 0 spiro atoms. The molecule has 1 heterocycles. The van der Waals surface area contributed by atoms with Crippen molar-refractivity contribution in [3.8, 4) is 11.5 Å². The average molecular weight is 255 g/mol. The number of hydrogen-bond acceptors (Lipinski definition) is 3. The van der Waals surface area contributed by atoms with E-state index in [1.807, 2.05) is 42.5 Å². The normalized spacial score (nSPS) is 16.6. The number of hydrogen-bond donors (Lipinski definition) is 1. The SMILES string of the molecule is NCCCc1ccc2c(c1)OC(c1ccccc1)O2. The maximum Gasteiger partial charge on any atom is 0.267 e. The Morgan fingerprint density at radius 1 is 0.947 bits per heavy atom. The molecule has 3 nitrogen and oxygen atoms in total. The monoisotopic (exact) mass is 255 g/mol. The van der Waals surface area contributed by atoms with Crippen molar-refractivity contribution in [2.45, 2.75) is 19.1 Å². The van der Waals surface area contributed by atoms with E-state index >= 15 is 0 Å². The van der Waals surface area contributed by atoms with Crippen LogP contribution in [0.15, 0.2) is 48.5 Å². The Kier molecular flexibility index (Phi) is 3.38. The van der Waals surface area contributed by atoms with Crippen LogP contribution in [0.3, 0.4) is 0 Å². The lowest BCUT2D eigenvalue weighted by Gasteiger charge is -2.09. The van der Waals surface area contributed by atoms with Crippen molar-refractivity contribution >= 4 is 0 Å². The van der Waals surface area contributed by atoms with Gasteiger partial charge >= 0.3 is 0 Å². The molecule has 0 fully saturated rings. The maximum absolute atomic E-state index is 5.86. The van der Waals surface area contributed by atoms with Crippen LogP contribution in [-0.4, -0.2) is 6.54 Å². The minimum absolute atomic E-state index is 0.332. The number of fused-ring (bicyclic) bond motifs is 1. The van der Waals surface area contributed by atoms with Gasteiger partial charge in [-0.2, -0.15) is 0 Å². The van der Waals surface area contributed by atoms with Crippen LogP contribution in [0.4, 0.5) is 0 Å². The third kappa shape index (κ3) is 2.56. The molecule has 0 radical (unpaired) electrons. The summed E-state index contributed by atoms with van der Waals surface area (Å²) < 4.78 is 11.7. The summed E-state index contributed by atoms with van der Waals surface area (Å²) in [5.74, 6) is 1.63. The lowest BCUT2D eigenvalue weighted by atomic mass is 10.1. The summed E-state index contributed by atoms with van der Waals surface area (Å²) in [6, 6.07) is 16.1. The van der Waals surface area contributed by atoms with E-state index in [9.17, 15) is 0 Å². The van der Waals surface area contributed by atoms with Gasteiger partial charge in [-0.05, 0) is 37.1 Å². The van der Waals surface area contributed by atoms with Gasteiger partial charge in [0.25, 0.3) is 6.29 Å². The van der Waals surface area contributed by atoms with E-state index in [1.165, 1.54) is 5.56 Å². The zero-order chi connectivity index (χ0) is 13.1. The molecule has 19 heavy (non-hydrogen) atoms. The van der Waals surface area contributed by atoms with Gasteiger partial charge in [-0.1, -0.05) is 36.4 Å². The summed E-state index contributed by atoms with van der Waals surface area (Å²) in [5.41, 5.74) is 7.80. The third-order valence-electron chi connectivity index (χ3n) is 3.22. The molecule has 1 aliphatic rings. The van der Waals surface area contributed by atoms with Crippen molar-refractivity contribution in [1.29, 1.82) is 0 Å². The van der Waals surface area contributed by atoms with Crippen LogP contribution in [0, 0.1) is 0 Å². The van der Waals surface area contributed by atoms with E-state index in [4.69, 9.17) is 15.2 Å². The van der Waals surface area contributed by atoms with Crippen molar-refractivity contribution in [2.75, 3.05) is 6.54 Å². The van der Waals surface area contributed by atoms with Crippen molar-refractivity contribution in [2.24, 2.45) is 5.73 Å². The molecule has 98 valence electrons. The second-order valence-corrected chi connectivity index (χ2v) is 4.65. The topological polar surface area (TPSA) is 44.5 Å². The first kappa shape index (κ1) is 12.1. The summed E-state index contributed by atoms with van der Waals surface area (Å²) in [7, 11) is 0. The van der Waals surface area contributed by atoms with Crippen molar-refractivity contribution < 1.29 is 9.47 Å². The summed E-state index contributed by atoms with van der Waals surface area (Å²) >= 11 is 0. The lowest BCUT2D eigenvalue weighted by Crippen LogP contribution is -2.07. The highest BCUT2D eigenvalue weighted by Gasteiger charge is 2.25. The molecule has 0 bridgehead atoms. The molecule has 3 heteroatoms. The molecule has 1 unspecified atom stereocenters. The molecule has 0 aromatic heterocycles. The van der Waals surface area contributed by atoms with Gasteiger partial charge in [-0.25, -0.2) is 0 Å². The number of benzene rings is 2. The molecule has 1 atom stereocenters. The van der Waals surface area contributed by atoms with Crippen LogP contribution in [0.5, 0.6) is 11.5 Å². The Labute approximate surface area is 113 Å². The van der Waals surface area contributed by atoms with Crippen LogP contribution in [-0.2, 0) is 6.42 Å². The fourth-order valence-corrected chi connectivity index (χ4v) is 2.20. The zero-order valence-corrected chi connectivity index (χ0v) is 10.7.